The second-order valence-corrected chi connectivity index (χ2v) is 7.75. The summed E-state index contributed by atoms with van der Waals surface area (Å²) in [5.41, 5.74) is 2.34. The first-order valence-electron chi connectivity index (χ1n) is 9.73. The Balaban J connectivity index is 1.56. The van der Waals surface area contributed by atoms with Crippen LogP contribution in [-0.4, -0.2) is 37.0 Å². The quantitative estimate of drug-likeness (QED) is 0.481. The van der Waals surface area contributed by atoms with E-state index >= 15 is 0 Å². The molecular weight excluding hydrogens is 434 g/mol. The number of carboxylic acid groups (broad SMARTS) is 1. The first-order chi connectivity index (χ1) is 15.4. The fourth-order valence-electron chi connectivity index (χ4n) is 3.88. The average molecular weight is 450 g/mol. The first kappa shape index (κ1) is 20.0. The van der Waals surface area contributed by atoms with Crippen LogP contribution < -0.4 is 5.32 Å². The van der Waals surface area contributed by atoms with E-state index in [1.165, 1.54) is 10.7 Å². The molecule has 2 N–H and O–H groups in total. The summed E-state index contributed by atoms with van der Waals surface area (Å²) in [6.07, 6.45) is 0.188. The van der Waals surface area contributed by atoms with Crippen LogP contribution in [0.3, 0.4) is 0 Å². The Hall–Kier alpha value is -3.98. The second-order valence-electron chi connectivity index (χ2n) is 7.37. The summed E-state index contributed by atoms with van der Waals surface area (Å²) in [5, 5.41) is 24.8. The number of nitrogens with zero attached hydrogens (tertiary/aromatic N) is 4. The summed E-state index contributed by atoms with van der Waals surface area (Å²) in [6, 6.07) is 13.3. The fraction of sp³-hybridized carbons (Fsp3) is 0.136. The van der Waals surface area contributed by atoms with Gasteiger partial charge in [0.05, 0.1) is 17.2 Å². The summed E-state index contributed by atoms with van der Waals surface area (Å²) >= 11 is 5.84. The summed E-state index contributed by atoms with van der Waals surface area (Å²) < 4.78 is 7.61. The Morgan fingerprint density at radius 2 is 2.06 bits per heavy atom. The molecule has 1 amide bonds. The van der Waals surface area contributed by atoms with Crippen molar-refractivity contribution in [3.8, 4) is 17.1 Å². The topological polar surface area (TPSA) is 123 Å². The van der Waals surface area contributed by atoms with E-state index in [-0.39, 0.29) is 29.0 Å². The molecular formula is C22H16ClN5O4. The molecule has 0 unspecified atom stereocenters. The van der Waals surface area contributed by atoms with Crippen molar-refractivity contribution >= 4 is 29.3 Å². The largest absolute Gasteiger partial charge is 0.478 e. The van der Waals surface area contributed by atoms with Gasteiger partial charge in [0.25, 0.3) is 0 Å². The number of aryl methyl sites for hydroxylation is 1. The first-order valence-corrected chi connectivity index (χ1v) is 10.1. The molecule has 0 saturated carbocycles. The fourth-order valence-corrected chi connectivity index (χ4v) is 3.98. The Morgan fingerprint density at radius 3 is 2.81 bits per heavy atom. The molecule has 0 spiro atoms. The van der Waals surface area contributed by atoms with Gasteiger partial charge in [-0.05, 0) is 43.3 Å². The van der Waals surface area contributed by atoms with E-state index in [0.29, 0.717) is 34.4 Å². The van der Waals surface area contributed by atoms with Crippen LogP contribution in [0.2, 0.25) is 5.15 Å². The van der Waals surface area contributed by atoms with E-state index in [1.54, 1.807) is 42.5 Å². The Kier molecular flexibility index (Phi) is 4.75. The molecule has 32 heavy (non-hydrogen) atoms. The van der Waals surface area contributed by atoms with Gasteiger partial charge in [-0.25, -0.2) is 4.79 Å². The summed E-state index contributed by atoms with van der Waals surface area (Å²) in [5.74, 6) is 0.476. The highest BCUT2D eigenvalue weighted by molar-refractivity contribution is 6.29. The summed E-state index contributed by atoms with van der Waals surface area (Å²) in [6.45, 7) is 1.85. The molecule has 9 nitrogen and oxygen atoms in total. The van der Waals surface area contributed by atoms with Crippen LogP contribution in [0.25, 0.3) is 17.1 Å². The van der Waals surface area contributed by atoms with Crippen molar-refractivity contribution in [3.63, 3.8) is 0 Å². The number of hydrogen-bond donors (Lipinski definition) is 2. The number of amides is 1. The summed E-state index contributed by atoms with van der Waals surface area (Å²) in [4.78, 5) is 23.8. The maximum absolute atomic E-state index is 12.5. The SMILES string of the molecule is Cc1nn(-c2ccc(Cl)nn2)c2c1[C@H](c1ccc(-c3cccc(C(=O)O)c3)o1)CC(=O)N2. The van der Waals surface area contributed by atoms with Crippen molar-refractivity contribution in [1.29, 1.82) is 0 Å². The minimum absolute atomic E-state index is 0.168. The number of carbonyl (C=O) groups is 2. The highest BCUT2D eigenvalue weighted by atomic mass is 35.5. The predicted molar refractivity (Wildman–Crippen MR) is 115 cm³/mol. The lowest BCUT2D eigenvalue weighted by atomic mass is 9.90. The number of aromatic carboxylic acids is 1. The zero-order valence-corrected chi connectivity index (χ0v) is 17.5. The maximum Gasteiger partial charge on any atom is 0.335 e. The monoisotopic (exact) mass is 449 g/mol. The molecule has 1 aliphatic heterocycles. The number of benzene rings is 1. The Labute approximate surface area is 186 Å². The Morgan fingerprint density at radius 1 is 1.22 bits per heavy atom. The molecule has 10 heteroatoms. The van der Waals surface area contributed by atoms with Crippen LogP contribution in [0.1, 0.15) is 39.7 Å². The molecule has 0 bridgehead atoms. The Bertz CT molecular complexity index is 1360. The van der Waals surface area contributed by atoms with Gasteiger partial charge < -0.3 is 14.8 Å². The molecule has 0 saturated heterocycles. The molecule has 0 fully saturated rings. The van der Waals surface area contributed by atoms with Crippen LogP contribution >= 0.6 is 11.6 Å². The molecule has 160 valence electrons. The van der Waals surface area contributed by atoms with E-state index < -0.39 is 5.97 Å². The lowest BCUT2D eigenvalue weighted by Gasteiger charge is -2.22. The molecule has 4 heterocycles. The molecule has 1 atom stereocenters. The van der Waals surface area contributed by atoms with Crippen LogP contribution in [-0.2, 0) is 4.79 Å². The number of carboxylic acids is 1. The van der Waals surface area contributed by atoms with E-state index in [0.717, 1.165) is 5.56 Å². The zero-order valence-electron chi connectivity index (χ0n) is 16.7. The number of hydrogen-bond acceptors (Lipinski definition) is 6. The number of aromatic nitrogens is 4. The second kappa shape index (κ2) is 7.61. The van der Waals surface area contributed by atoms with Crippen LogP contribution in [0, 0.1) is 6.92 Å². The zero-order chi connectivity index (χ0) is 22.4. The van der Waals surface area contributed by atoms with E-state index in [9.17, 15) is 14.7 Å². The van der Waals surface area contributed by atoms with Crippen LogP contribution in [0.15, 0.2) is 52.9 Å². The van der Waals surface area contributed by atoms with Crippen molar-refractivity contribution < 1.29 is 19.1 Å². The third-order valence-corrected chi connectivity index (χ3v) is 5.50. The van der Waals surface area contributed by atoms with E-state index in [1.807, 2.05) is 6.92 Å². The minimum atomic E-state index is -1.01. The number of furan rings is 1. The van der Waals surface area contributed by atoms with Crippen molar-refractivity contribution in [3.05, 3.63) is 76.3 Å². The van der Waals surface area contributed by atoms with Gasteiger partial charge in [-0.1, -0.05) is 23.7 Å². The minimum Gasteiger partial charge on any atom is -0.478 e. The van der Waals surface area contributed by atoms with Crippen LogP contribution in [0.5, 0.6) is 0 Å². The average Bonchev–Trinajstić information content (AvgIpc) is 3.39. The van der Waals surface area contributed by atoms with Gasteiger partial charge in [0.2, 0.25) is 5.91 Å². The number of halogens is 1. The number of fused-ring (bicyclic) bond motifs is 1. The number of rotatable bonds is 4. The van der Waals surface area contributed by atoms with Crippen molar-refractivity contribution in [2.24, 2.45) is 0 Å². The number of anilines is 1. The third kappa shape index (κ3) is 3.42. The van der Waals surface area contributed by atoms with Gasteiger partial charge in [0.15, 0.2) is 11.0 Å². The highest BCUT2D eigenvalue weighted by Gasteiger charge is 2.34. The molecule has 0 aliphatic carbocycles. The molecule has 5 rings (SSSR count). The third-order valence-electron chi connectivity index (χ3n) is 5.30. The van der Waals surface area contributed by atoms with Gasteiger partial charge in [0, 0.05) is 17.5 Å². The number of carbonyl (C=O) groups excluding carboxylic acids is 1. The molecule has 4 aromatic rings. The van der Waals surface area contributed by atoms with Crippen LogP contribution in [0.4, 0.5) is 5.82 Å². The molecule has 0 radical (unpaired) electrons. The standard InChI is InChI=1S/C22H16ClN5O4/c1-11-20-14(16-6-5-15(32-16)12-3-2-4-13(9-12)22(30)31)10-19(29)24-21(20)28(27-11)18-8-7-17(23)25-26-18/h2-9,14H,10H2,1H3,(H,24,29)(H,30,31)/t14-/m0/s1. The summed E-state index contributed by atoms with van der Waals surface area (Å²) in [7, 11) is 0. The smallest absolute Gasteiger partial charge is 0.335 e. The predicted octanol–water partition coefficient (Wildman–Crippen LogP) is 4.06. The maximum atomic E-state index is 12.5. The van der Waals surface area contributed by atoms with Crippen molar-refractivity contribution in [2.75, 3.05) is 5.32 Å². The van der Waals surface area contributed by atoms with Gasteiger partial charge in [-0.15, -0.1) is 10.2 Å². The van der Waals surface area contributed by atoms with Crippen molar-refractivity contribution in [1.82, 2.24) is 20.0 Å². The van der Waals surface area contributed by atoms with Gasteiger partial charge >= 0.3 is 5.97 Å². The normalized spacial score (nSPS) is 15.3. The lowest BCUT2D eigenvalue weighted by Crippen LogP contribution is -2.24. The van der Waals surface area contributed by atoms with Crippen molar-refractivity contribution in [2.45, 2.75) is 19.3 Å². The molecule has 1 aromatic carbocycles. The van der Waals surface area contributed by atoms with Gasteiger partial charge in [-0.2, -0.15) is 9.78 Å². The van der Waals surface area contributed by atoms with E-state index in [4.69, 9.17) is 16.0 Å². The molecule has 3 aromatic heterocycles. The highest BCUT2D eigenvalue weighted by Crippen LogP contribution is 2.41. The van der Waals surface area contributed by atoms with E-state index in [2.05, 4.69) is 20.6 Å². The number of nitrogens with one attached hydrogen (secondary N) is 1. The van der Waals surface area contributed by atoms with Gasteiger partial charge in [0.1, 0.15) is 17.3 Å². The van der Waals surface area contributed by atoms with Gasteiger partial charge in [-0.3, -0.25) is 4.79 Å². The molecule has 1 aliphatic rings. The lowest BCUT2D eigenvalue weighted by molar-refractivity contribution is -0.116.